The number of aryl methyl sites for hydroxylation is 1. The second-order valence-corrected chi connectivity index (χ2v) is 7.58. The minimum absolute atomic E-state index is 0.0308. The highest BCUT2D eigenvalue weighted by Gasteiger charge is 2.21. The number of oxazole rings is 1. The number of benzene rings is 1. The molecule has 7 heteroatoms. The van der Waals surface area contributed by atoms with Crippen LogP contribution in [0.5, 0.6) is 0 Å². The van der Waals surface area contributed by atoms with E-state index in [0.29, 0.717) is 43.6 Å². The molecule has 152 valence electrons. The van der Waals surface area contributed by atoms with Crippen LogP contribution in [-0.2, 0) is 16.0 Å². The summed E-state index contributed by atoms with van der Waals surface area (Å²) in [5.74, 6) is 1.33. The highest BCUT2D eigenvalue weighted by atomic mass is 19.1. The number of halogens is 1. The standard InChI is InChI=1S/C21H28FN3O3/c1-15(2)13-25-9-10-27-18(14-25)11-23-20(26)7-8-21-24-12-19(28-21)16-3-5-17(22)6-4-16/h3-6,12,15,18H,7-11,13-14H2,1-2H3,(H,23,26). The van der Waals surface area contributed by atoms with Crippen molar-refractivity contribution in [3.8, 4) is 11.3 Å². The number of nitrogens with one attached hydrogen (secondary N) is 1. The maximum Gasteiger partial charge on any atom is 0.220 e. The predicted molar refractivity (Wildman–Crippen MR) is 104 cm³/mol. The first-order valence-electron chi connectivity index (χ1n) is 9.81. The summed E-state index contributed by atoms with van der Waals surface area (Å²) in [7, 11) is 0. The van der Waals surface area contributed by atoms with Crippen LogP contribution in [0.25, 0.3) is 11.3 Å². The van der Waals surface area contributed by atoms with Crippen LogP contribution in [0.2, 0.25) is 0 Å². The van der Waals surface area contributed by atoms with E-state index in [2.05, 4.69) is 29.0 Å². The highest BCUT2D eigenvalue weighted by Crippen LogP contribution is 2.21. The Bertz CT molecular complexity index is 761. The lowest BCUT2D eigenvalue weighted by atomic mass is 10.2. The van der Waals surface area contributed by atoms with Gasteiger partial charge in [0.1, 0.15) is 5.82 Å². The normalized spacial score (nSPS) is 17.8. The molecule has 0 saturated carbocycles. The van der Waals surface area contributed by atoms with E-state index in [1.165, 1.54) is 12.1 Å². The fourth-order valence-corrected chi connectivity index (χ4v) is 3.30. The van der Waals surface area contributed by atoms with Gasteiger partial charge in [0, 0.05) is 44.6 Å². The van der Waals surface area contributed by atoms with Crippen LogP contribution in [0.15, 0.2) is 34.9 Å². The summed E-state index contributed by atoms with van der Waals surface area (Å²) in [6, 6.07) is 6.03. The zero-order valence-corrected chi connectivity index (χ0v) is 16.5. The first kappa shape index (κ1) is 20.5. The Hall–Kier alpha value is -2.25. The van der Waals surface area contributed by atoms with Crippen molar-refractivity contribution in [3.63, 3.8) is 0 Å². The number of aromatic nitrogens is 1. The molecular formula is C21H28FN3O3. The molecule has 0 aliphatic carbocycles. The van der Waals surface area contributed by atoms with E-state index in [1.54, 1.807) is 18.3 Å². The number of hydrogen-bond donors (Lipinski definition) is 1. The summed E-state index contributed by atoms with van der Waals surface area (Å²) in [6.45, 7) is 8.47. The lowest BCUT2D eigenvalue weighted by molar-refractivity contribution is -0.122. The zero-order valence-electron chi connectivity index (χ0n) is 16.5. The average Bonchev–Trinajstić information content (AvgIpc) is 3.14. The van der Waals surface area contributed by atoms with Gasteiger partial charge in [-0.3, -0.25) is 9.69 Å². The minimum Gasteiger partial charge on any atom is -0.441 e. The van der Waals surface area contributed by atoms with Gasteiger partial charge >= 0.3 is 0 Å². The number of hydrogen-bond acceptors (Lipinski definition) is 5. The minimum atomic E-state index is -0.297. The molecule has 1 aliphatic rings. The summed E-state index contributed by atoms with van der Waals surface area (Å²) in [6.07, 6.45) is 2.34. The Morgan fingerprint density at radius 3 is 2.89 bits per heavy atom. The summed E-state index contributed by atoms with van der Waals surface area (Å²) < 4.78 is 24.4. The fourth-order valence-electron chi connectivity index (χ4n) is 3.30. The molecular weight excluding hydrogens is 361 g/mol. The van der Waals surface area contributed by atoms with Crippen molar-refractivity contribution < 1.29 is 18.3 Å². The van der Waals surface area contributed by atoms with E-state index in [1.807, 2.05) is 0 Å². The number of nitrogens with zero attached hydrogens (tertiary/aromatic N) is 2. The van der Waals surface area contributed by atoms with Gasteiger partial charge in [0.05, 0.1) is 18.9 Å². The van der Waals surface area contributed by atoms with E-state index < -0.39 is 0 Å². The summed E-state index contributed by atoms with van der Waals surface area (Å²) in [5.41, 5.74) is 0.755. The number of carbonyl (C=O) groups is 1. The number of rotatable bonds is 8. The van der Waals surface area contributed by atoms with Gasteiger partial charge in [0.15, 0.2) is 11.7 Å². The lowest BCUT2D eigenvalue weighted by Gasteiger charge is -2.33. The Labute approximate surface area is 165 Å². The maximum absolute atomic E-state index is 13.0. The SMILES string of the molecule is CC(C)CN1CCOC(CNC(=O)CCc2ncc(-c3ccc(F)cc3)o2)C1. The summed E-state index contributed by atoms with van der Waals surface area (Å²) in [5, 5.41) is 2.94. The number of carbonyl (C=O) groups excluding carboxylic acids is 1. The van der Waals surface area contributed by atoms with E-state index in [9.17, 15) is 9.18 Å². The first-order valence-corrected chi connectivity index (χ1v) is 9.81. The van der Waals surface area contributed by atoms with E-state index in [4.69, 9.17) is 9.15 Å². The maximum atomic E-state index is 13.0. The molecule has 6 nitrogen and oxygen atoms in total. The molecule has 1 atom stereocenters. The van der Waals surface area contributed by atoms with Crippen molar-refractivity contribution in [2.45, 2.75) is 32.8 Å². The lowest BCUT2D eigenvalue weighted by Crippen LogP contribution is -2.48. The molecule has 1 aromatic heterocycles. The second kappa shape index (κ2) is 9.80. The van der Waals surface area contributed by atoms with Crippen molar-refractivity contribution in [1.82, 2.24) is 15.2 Å². The van der Waals surface area contributed by atoms with Crippen molar-refractivity contribution in [2.75, 3.05) is 32.8 Å². The van der Waals surface area contributed by atoms with E-state index in [0.717, 1.165) is 25.2 Å². The van der Waals surface area contributed by atoms with Crippen molar-refractivity contribution in [3.05, 3.63) is 42.2 Å². The molecule has 2 aromatic rings. The van der Waals surface area contributed by atoms with Crippen LogP contribution in [0.1, 0.15) is 26.2 Å². The molecule has 1 aliphatic heterocycles. The molecule has 1 aromatic carbocycles. The molecule has 0 radical (unpaired) electrons. The van der Waals surface area contributed by atoms with Gasteiger partial charge in [0.25, 0.3) is 0 Å². The molecule has 2 heterocycles. The van der Waals surface area contributed by atoms with Gasteiger partial charge in [-0.25, -0.2) is 9.37 Å². The average molecular weight is 389 g/mol. The van der Waals surface area contributed by atoms with Gasteiger partial charge in [-0.1, -0.05) is 13.8 Å². The van der Waals surface area contributed by atoms with Gasteiger partial charge in [0.2, 0.25) is 5.91 Å². The Morgan fingerprint density at radius 2 is 2.14 bits per heavy atom. The van der Waals surface area contributed by atoms with Crippen LogP contribution in [0.3, 0.4) is 0 Å². The van der Waals surface area contributed by atoms with Crippen LogP contribution in [0.4, 0.5) is 4.39 Å². The monoisotopic (exact) mass is 389 g/mol. The topological polar surface area (TPSA) is 67.6 Å². The van der Waals surface area contributed by atoms with Crippen LogP contribution >= 0.6 is 0 Å². The molecule has 1 amide bonds. The molecule has 1 fully saturated rings. The second-order valence-electron chi connectivity index (χ2n) is 7.58. The summed E-state index contributed by atoms with van der Waals surface area (Å²) in [4.78, 5) is 18.7. The van der Waals surface area contributed by atoms with Crippen LogP contribution < -0.4 is 5.32 Å². The predicted octanol–water partition coefficient (Wildman–Crippen LogP) is 2.89. The fraction of sp³-hybridized carbons (Fsp3) is 0.524. The number of ether oxygens (including phenoxy) is 1. The van der Waals surface area contributed by atoms with Gasteiger partial charge < -0.3 is 14.5 Å². The van der Waals surface area contributed by atoms with Crippen LogP contribution in [0, 0.1) is 11.7 Å². The van der Waals surface area contributed by atoms with Gasteiger partial charge in [-0.05, 0) is 30.2 Å². The quantitative estimate of drug-likeness (QED) is 0.752. The molecule has 0 spiro atoms. The largest absolute Gasteiger partial charge is 0.441 e. The molecule has 1 unspecified atom stereocenters. The first-order chi connectivity index (χ1) is 13.5. The number of morpholine rings is 1. The van der Waals surface area contributed by atoms with Crippen molar-refractivity contribution >= 4 is 5.91 Å². The highest BCUT2D eigenvalue weighted by molar-refractivity contribution is 5.76. The zero-order chi connectivity index (χ0) is 19.9. The van der Waals surface area contributed by atoms with Gasteiger partial charge in [-0.15, -0.1) is 0 Å². The molecule has 28 heavy (non-hydrogen) atoms. The van der Waals surface area contributed by atoms with Crippen molar-refractivity contribution in [2.24, 2.45) is 5.92 Å². The van der Waals surface area contributed by atoms with Gasteiger partial charge in [-0.2, -0.15) is 0 Å². The Morgan fingerprint density at radius 1 is 1.36 bits per heavy atom. The third kappa shape index (κ3) is 6.14. The van der Waals surface area contributed by atoms with Crippen LogP contribution in [-0.4, -0.2) is 54.7 Å². The Balaban J connectivity index is 1.40. The number of amides is 1. The molecule has 1 N–H and O–H groups in total. The van der Waals surface area contributed by atoms with E-state index >= 15 is 0 Å². The third-order valence-corrected chi connectivity index (χ3v) is 4.62. The molecule has 3 rings (SSSR count). The third-order valence-electron chi connectivity index (χ3n) is 4.62. The van der Waals surface area contributed by atoms with E-state index in [-0.39, 0.29) is 17.8 Å². The summed E-state index contributed by atoms with van der Waals surface area (Å²) >= 11 is 0. The molecule has 1 saturated heterocycles. The molecule has 0 bridgehead atoms. The smallest absolute Gasteiger partial charge is 0.220 e. The Kier molecular flexibility index (Phi) is 7.17. The van der Waals surface area contributed by atoms with Crippen molar-refractivity contribution in [1.29, 1.82) is 0 Å².